The van der Waals surface area contributed by atoms with Crippen molar-refractivity contribution in [3.8, 4) is 0 Å². The molecule has 0 aliphatic carbocycles. The molecule has 2 rings (SSSR count). The maximum absolute atomic E-state index is 12.7. The van der Waals surface area contributed by atoms with Crippen molar-refractivity contribution in [2.24, 2.45) is 0 Å². The second kappa shape index (κ2) is 6.48. The molecule has 6 nitrogen and oxygen atoms in total. The van der Waals surface area contributed by atoms with E-state index in [2.05, 4.69) is 10.3 Å². The molecule has 0 unspecified atom stereocenters. The quantitative estimate of drug-likeness (QED) is 0.912. The van der Waals surface area contributed by atoms with Gasteiger partial charge in [0.2, 0.25) is 10.0 Å². The summed E-state index contributed by atoms with van der Waals surface area (Å²) in [5.74, 6) is 0.488. The Hall–Kier alpha value is -0.890. The van der Waals surface area contributed by atoms with Gasteiger partial charge in [-0.25, -0.2) is 13.4 Å². The molecule has 2 atom stereocenters. The number of nitrogens with one attached hydrogen (secondary N) is 1. The Kier molecular flexibility index (Phi) is 5.08. The fourth-order valence-electron chi connectivity index (χ4n) is 2.33. The maximum atomic E-state index is 12.7. The van der Waals surface area contributed by atoms with E-state index < -0.39 is 10.0 Å². The molecule has 1 N–H and O–H groups in total. The molecule has 0 spiro atoms. The predicted molar refractivity (Wildman–Crippen MR) is 82.2 cm³/mol. The first-order chi connectivity index (χ1) is 9.84. The molecule has 118 valence electrons. The second-order valence-corrected chi connectivity index (χ2v) is 7.46. The van der Waals surface area contributed by atoms with E-state index in [9.17, 15) is 8.42 Å². The summed E-state index contributed by atoms with van der Waals surface area (Å²) in [4.78, 5) is 4.19. The van der Waals surface area contributed by atoms with Gasteiger partial charge in [0.1, 0.15) is 10.7 Å². The number of anilines is 1. The highest BCUT2D eigenvalue weighted by molar-refractivity contribution is 7.89. The van der Waals surface area contributed by atoms with E-state index in [-0.39, 0.29) is 17.1 Å². The third kappa shape index (κ3) is 3.66. The monoisotopic (exact) mass is 333 g/mol. The minimum absolute atomic E-state index is 0.107. The molecule has 1 fully saturated rings. The van der Waals surface area contributed by atoms with Gasteiger partial charge in [-0.1, -0.05) is 11.6 Å². The molecule has 0 aromatic carbocycles. The minimum atomic E-state index is -3.60. The van der Waals surface area contributed by atoms with Crippen molar-refractivity contribution in [2.75, 3.05) is 25.0 Å². The first-order valence-corrected chi connectivity index (χ1v) is 8.71. The summed E-state index contributed by atoms with van der Waals surface area (Å²) < 4.78 is 32.3. The van der Waals surface area contributed by atoms with Crippen LogP contribution in [0.2, 0.25) is 5.02 Å². The normalized spacial score (nSPS) is 24.0. The molecular formula is C13H20ClN3O3S. The minimum Gasteiger partial charge on any atom is -0.373 e. The molecule has 8 heteroatoms. The number of morpholine rings is 1. The van der Waals surface area contributed by atoms with Crippen molar-refractivity contribution in [2.45, 2.75) is 37.9 Å². The van der Waals surface area contributed by atoms with Crippen LogP contribution in [0.25, 0.3) is 0 Å². The number of halogens is 1. The van der Waals surface area contributed by atoms with Crippen molar-refractivity contribution < 1.29 is 13.2 Å². The number of aromatic nitrogens is 1. The number of sulfonamides is 1. The fraction of sp³-hybridized carbons (Fsp3) is 0.615. The molecule has 0 amide bonds. The Morgan fingerprint density at radius 1 is 1.43 bits per heavy atom. The number of pyridine rings is 1. The lowest BCUT2D eigenvalue weighted by Gasteiger charge is -2.34. The zero-order valence-corrected chi connectivity index (χ0v) is 13.9. The molecular weight excluding hydrogens is 314 g/mol. The SMILES string of the molecule is CCNc1ncc(S(=O)(=O)N2C[C@@H](C)O[C@@H](C)C2)cc1Cl. The van der Waals surface area contributed by atoms with Gasteiger partial charge in [0.05, 0.1) is 17.2 Å². The van der Waals surface area contributed by atoms with Crippen LogP contribution in [0.15, 0.2) is 17.2 Å². The van der Waals surface area contributed by atoms with Crippen LogP contribution in [0.3, 0.4) is 0 Å². The van der Waals surface area contributed by atoms with Gasteiger partial charge in [-0.3, -0.25) is 0 Å². The highest BCUT2D eigenvalue weighted by Gasteiger charge is 2.32. The van der Waals surface area contributed by atoms with E-state index in [1.807, 2.05) is 20.8 Å². The number of hydrogen-bond acceptors (Lipinski definition) is 5. The highest BCUT2D eigenvalue weighted by atomic mass is 35.5. The van der Waals surface area contributed by atoms with Crippen molar-refractivity contribution in [1.29, 1.82) is 0 Å². The molecule has 1 aliphatic heterocycles. The number of nitrogens with zero attached hydrogens (tertiary/aromatic N) is 2. The first kappa shape index (κ1) is 16.5. The molecule has 0 radical (unpaired) electrons. The Balaban J connectivity index is 2.29. The smallest absolute Gasteiger partial charge is 0.244 e. The Morgan fingerprint density at radius 3 is 2.57 bits per heavy atom. The van der Waals surface area contributed by atoms with Crippen LogP contribution in [0.1, 0.15) is 20.8 Å². The largest absolute Gasteiger partial charge is 0.373 e. The number of hydrogen-bond donors (Lipinski definition) is 1. The van der Waals surface area contributed by atoms with Crippen molar-refractivity contribution in [3.63, 3.8) is 0 Å². The summed E-state index contributed by atoms with van der Waals surface area (Å²) in [6.45, 7) is 6.96. The topological polar surface area (TPSA) is 71.5 Å². The molecule has 1 aromatic heterocycles. The van der Waals surface area contributed by atoms with E-state index in [4.69, 9.17) is 16.3 Å². The lowest BCUT2D eigenvalue weighted by Crippen LogP contribution is -2.48. The zero-order valence-electron chi connectivity index (χ0n) is 12.3. The van der Waals surface area contributed by atoms with Crippen LogP contribution in [-0.4, -0.2) is 49.5 Å². The van der Waals surface area contributed by atoms with Crippen LogP contribution in [0, 0.1) is 0 Å². The lowest BCUT2D eigenvalue weighted by atomic mass is 10.3. The van der Waals surface area contributed by atoms with Gasteiger partial charge in [-0.2, -0.15) is 4.31 Å². The Morgan fingerprint density at radius 2 is 2.05 bits per heavy atom. The van der Waals surface area contributed by atoms with E-state index in [0.717, 1.165) is 0 Å². The second-order valence-electron chi connectivity index (χ2n) is 5.11. The summed E-state index contributed by atoms with van der Waals surface area (Å²) in [5, 5.41) is 3.28. The third-order valence-corrected chi connectivity index (χ3v) is 5.27. The average Bonchev–Trinajstić information content (AvgIpc) is 2.40. The lowest BCUT2D eigenvalue weighted by molar-refractivity contribution is -0.0440. The van der Waals surface area contributed by atoms with Gasteiger partial charge < -0.3 is 10.1 Å². The van der Waals surface area contributed by atoms with E-state index in [0.29, 0.717) is 30.5 Å². The summed E-state index contributed by atoms with van der Waals surface area (Å²) >= 11 is 6.08. The van der Waals surface area contributed by atoms with Crippen molar-refractivity contribution >= 4 is 27.4 Å². The fourth-order valence-corrected chi connectivity index (χ4v) is 4.20. The van der Waals surface area contributed by atoms with Crippen molar-refractivity contribution in [3.05, 3.63) is 17.3 Å². The van der Waals surface area contributed by atoms with E-state index in [1.54, 1.807) is 0 Å². The van der Waals surface area contributed by atoms with Gasteiger partial charge in [-0.05, 0) is 26.8 Å². The summed E-state index contributed by atoms with van der Waals surface area (Å²) in [7, 11) is -3.60. The molecule has 0 bridgehead atoms. The molecule has 2 heterocycles. The van der Waals surface area contributed by atoms with Gasteiger partial charge in [-0.15, -0.1) is 0 Å². The van der Waals surface area contributed by atoms with E-state index in [1.165, 1.54) is 16.6 Å². The summed E-state index contributed by atoms with van der Waals surface area (Å²) in [5.41, 5.74) is 0. The number of rotatable bonds is 4. The van der Waals surface area contributed by atoms with Crippen LogP contribution in [0.4, 0.5) is 5.82 Å². The summed E-state index contributed by atoms with van der Waals surface area (Å²) in [6.07, 6.45) is 1.07. The van der Waals surface area contributed by atoms with E-state index >= 15 is 0 Å². The van der Waals surface area contributed by atoms with Gasteiger partial charge >= 0.3 is 0 Å². The van der Waals surface area contributed by atoms with Crippen LogP contribution in [0.5, 0.6) is 0 Å². The molecule has 1 aromatic rings. The van der Waals surface area contributed by atoms with Crippen LogP contribution in [-0.2, 0) is 14.8 Å². The zero-order chi connectivity index (χ0) is 15.6. The van der Waals surface area contributed by atoms with Gasteiger partial charge in [0.15, 0.2) is 0 Å². The number of ether oxygens (including phenoxy) is 1. The molecule has 1 aliphatic rings. The maximum Gasteiger partial charge on any atom is 0.244 e. The van der Waals surface area contributed by atoms with Crippen LogP contribution >= 0.6 is 11.6 Å². The molecule has 21 heavy (non-hydrogen) atoms. The highest BCUT2D eigenvalue weighted by Crippen LogP contribution is 2.26. The Labute approximate surface area is 130 Å². The van der Waals surface area contributed by atoms with Crippen molar-refractivity contribution in [1.82, 2.24) is 9.29 Å². The average molecular weight is 334 g/mol. The van der Waals surface area contributed by atoms with Crippen LogP contribution < -0.4 is 5.32 Å². The van der Waals surface area contributed by atoms with Gasteiger partial charge in [0.25, 0.3) is 0 Å². The third-order valence-electron chi connectivity index (χ3n) is 3.18. The summed E-state index contributed by atoms with van der Waals surface area (Å²) in [6, 6.07) is 1.44. The first-order valence-electron chi connectivity index (χ1n) is 6.89. The Bertz CT molecular complexity index is 599. The molecule has 0 saturated carbocycles. The predicted octanol–water partition coefficient (Wildman–Crippen LogP) is 1.96. The molecule has 1 saturated heterocycles. The standard InChI is InChI=1S/C13H20ClN3O3S/c1-4-15-13-12(14)5-11(6-16-13)21(18,19)17-7-9(2)20-10(3)8-17/h5-6,9-10H,4,7-8H2,1-3H3,(H,15,16)/t9-,10+. The van der Waals surface area contributed by atoms with Gasteiger partial charge in [0, 0.05) is 25.8 Å².